The number of carbonyl (C=O) groups excluding carboxylic acids is 2. The largest absolute Gasteiger partial charge is 0.482 e. The highest BCUT2D eigenvalue weighted by Crippen LogP contribution is 2.19. The van der Waals surface area contributed by atoms with Gasteiger partial charge in [0.15, 0.2) is 12.4 Å². The predicted octanol–water partition coefficient (Wildman–Crippen LogP) is 4.16. The Morgan fingerprint density at radius 1 is 0.903 bits per heavy atom. The molecule has 6 heteroatoms. The van der Waals surface area contributed by atoms with Crippen molar-refractivity contribution in [3.8, 4) is 11.8 Å². The van der Waals surface area contributed by atoms with Gasteiger partial charge in [-0.3, -0.25) is 4.79 Å². The number of aromatic nitrogens is 1. The second kappa shape index (κ2) is 8.97. The quantitative estimate of drug-likeness (QED) is 0.338. The molecule has 0 unspecified atom stereocenters. The average molecular weight is 410 g/mol. The number of hydrogen-bond acceptors (Lipinski definition) is 5. The molecule has 31 heavy (non-hydrogen) atoms. The molecule has 0 saturated heterocycles. The smallest absolute Gasteiger partial charge is 0.344 e. The molecule has 0 N–H and O–H groups in total. The maximum absolute atomic E-state index is 12.4. The number of benzene rings is 2. The standard InChI is InChI=1S/C25H18N2O4/c26-14-22-20(15-27-13-5-4-8-23(22)27)16-31-24(28)17-30-21-11-9-19(10-12-21)25(29)18-6-2-1-3-7-18/h1-13,15H,16-17H2. The minimum Gasteiger partial charge on any atom is -0.482 e. The van der Waals surface area contributed by atoms with Gasteiger partial charge in [-0.15, -0.1) is 0 Å². The lowest BCUT2D eigenvalue weighted by Gasteiger charge is -2.07. The Labute approximate surface area is 178 Å². The van der Waals surface area contributed by atoms with E-state index in [9.17, 15) is 14.9 Å². The van der Waals surface area contributed by atoms with E-state index in [0.29, 0.717) is 28.0 Å². The minimum atomic E-state index is -0.552. The van der Waals surface area contributed by atoms with Crippen LogP contribution >= 0.6 is 0 Å². The van der Waals surface area contributed by atoms with E-state index in [0.717, 1.165) is 5.52 Å². The van der Waals surface area contributed by atoms with Crippen molar-refractivity contribution in [2.75, 3.05) is 6.61 Å². The first kappa shape index (κ1) is 19.9. The summed E-state index contributed by atoms with van der Waals surface area (Å²) in [5.74, 6) is -0.183. The molecular weight excluding hydrogens is 392 g/mol. The number of esters is 1. The molecular formula is C25H18N2O4. The van der Waals surface area contributed by atoms with Crippen molar-refractivity contribution in [2.24, 2.45) is 0 Å². The number of ketones is 1. The van der Waals surface area contributed by atoms with E-state index in [2.05, 4.69) is 6.07 Å². The van der Waals surface area contributed by atoms with Gasteiger partial charge in [0.25, 0.3) is 0 Å². The molecule has 0 spiro atoms. The van der Waals surface area contributed by atoms with Crippen molar-refractivity contribution in [3.63, 3.8) is 0 Å². The van der Waals surface area contributed by atoms with Gasteiger partial charge in [0, 0.05) is 29.1 Å². The predicted molar refractivity (Wildman–Crippen MR) is 114 cm³/mol. The van der Waals surface area contributed by atoms with Gasteiger partial charge in [-0.25, -0.2) is 4.79 Å². The van der Waals surface area contributed by atoms with Gasteiger partial charge in [-0.2, -0.15) is 5.26 Å². The Balaban J connectivity index is 1.32. The van der Waals surface area contributed by atoms with Gasteiger partial charge >= 0.3 is 5.97 Å². The number of nitriles is 1. The molecule has 2 heterocycles. The molecule has 6 nitrogen and oxygen atoms in total. The molecule has 0 aliphatic rings. The first-order valence-corrected chi connectivity index (χ1v) is 9.62. The molecule has 0 atom stereocenters. The third-order valence-electron chi connectivity index (χ3n) is 4.77. The number of hydrogen-bond donors (Lipinski definition) is 0. The Morgan fingerprint density at radius 2 is 1.61 bits per heavy atom. The normalized spacial score (nSPS) is 10.4. The molecule has 0 radical (unpaired) electrons. The molecule has 2 aromatic carbocycles. The van der Waals surface area contributed by atoms with Crippen LogP contribution in [0.5, 0.6) is 5.75 Å². The molecule has 4 rings (SSSR count). The molecule has 0 aliphatic heterocycles. The Hall–Kier alpha value is -4.37. The fourth-order valence-electron chi connectivity index (χ4n) is 3.22. The van der Waals surface area contributed by atoms with Gasteiger partial charge in [-0.05, 0) is 36.4 Å². The molecule has 4 aromatic rings. The first-order chi connectivity index (χ1) is 15.2. The summed E-state index contributed by atoms with van der Waals surface area (Å²) in [4.78, 5) is 24.5. The zero-order chi connectivity index (χ0) is 21.6. The molecule has 0 fully saturated rings. The summed E-state index contributed by atoms with van der Waals surface area (Å²) in [7, 11) is 0. The Kier molecular flexibility index (Phi) is 5.77. The van der Waals surface area contributed by atoms with Crippen molar-refractivity contribution in [2.45, 2.75) is 6.61 Å². The van der Waals surface area contributed by atoms with Gasteiger partial charge in [0.1, 0.15) is 18.4 Å². The number of ether oxygens (including phenoxy) is 2. The van der Waals surface area contributed by atoms with Crippen LogP contribution in [0.25, 0.3) is 5.52 Å². The highest BCUT2D eigenvalue weighted by molar-refractivity contribution is 6.08. The van der Waals surface area contributed by atoms with Crippen molar-refractivity contribution in [1.29, 1.82) is 5.26 Å². The zero-order valence-corrected chi connectivity index (χ0v) is 16.5. The molecule has 0 aliphatic carbocycles. The maximum atomic E-state index is 12.4. The summed E-state index contributed by atoms with van der Waals surface area (Å²) in [6, 6.07) is 23.3. The number of fused-ring (bicyclic) bond motifs is 1. The highest BCUT2D eigenvalue weighted by atomic mass is 16.6. The monoisotopic (exact) mass is 410 g/mol. The van der Waals surface area contributed by atoms with Crippen molar-refractivity contribution in [1.82, 2.24) is 4.40 Å². The second-order valence-electron chi connectivity index (χ2n) is 6.80. The molecule has 2 aromatic heterocycles. The van der Waals surface area contributed by atoms with Crippen molar-refractivity contribution < 1.29 is 19.1 Å². The van der Waals surface area contributed by atoms with E-state index in [1.807, 2.05) is 47.0 Å². The van der Waals surface area contributed by atoms with E-state index in [1.54, 1.807) is 42.6 Å². The van der Waals surface area contributed by atoms with E-state index < -0.39 is 5.97 Å². The van der Waals surface area contributed by atoms with E-state index in [4.69, 9.17) is 9.47 Å². The van der Waals surface area contributed by atoms with Gasteiger partial charge in [0.2, 0.25) is 0 Å². The molecule has 0 amide bonds. The van der Waals surface area contributed by atoms with Gasteiger partial charge < -0.3 is 13.9 Å². The van der Waals surface area contributed by atoms with Crippen molar-refractivity contribution >= 4 is 17.3 Å². The summed E-state index contributed by atoms with van der Waals surface area (Å²) in [6.45, 7) is -0.293. The lowest BCUT2D eigenvalue weighted by Crippen LogP contribution is -2.15. The Bertz CT molecular complexity index is 1270. The minimum absolute atomic E-state index is 0.0166. The van der Waals surface area contributed by atoms with Crippen molar-refractivity contribution in [3.05, 3.63) is 107 Å². The van der Waals surface area contributed by atoms with Crippen LogP contribution in [0.4, 0.5) is 0 Å². The summed E-state index contributed by atoms with van der Waals surface area (Å²) < 4.78 is 12.5. The number of nitrogens with zero attached hydrogens (tertiary/aromatic N) is 2. The SMILES string of the molecule is N#Cc1c(COC(=O)COc2ccc(C(=O)c3ccccc3)cc2)cn2ccccc12. The first-order valence-electron chi connectivity index (χ1n) is 9.62. The van der Waals surface area contributed by atoms with Crippen LogP contribution < -0.4 is 4.74 Å². The molecule has 0 saturated carbocycles. The third kappa shape index (κ3) is 4.46. The van der Waals surface area contributed by atoms with Crippen LogP contribution in [-0.2, 0) is 16.1 Å². The van der Waals surface area contributed by atoms with Crippen LogP contribution in [0.15, 0.2) is 85.2 Å². The summed E-state index contributed by atoms with van der Waals surface area (Å²) in [6.07, 6.45) is 3.60. The second-order valence-corrected chi connectivity index (χ2v) is 6.80. The fourth-order valence-corrected chi connectivity index (χ4v) is 3.22. The maximum Gasteiger partial charge on any atom is 0.344 e. The topological polar surface area (TPSA) is 80.8 Å². The molecule has 0 bridgehead atoms. The number of carbonyl (C=O) groups is 2. The van der Waals surface area contributed by atoms with Crippen LogP contribution in [0.2, 0.25) is 0 Å². The fraction of sp³-hybridized carbons (Fsp3) is 0.0800. The van der Waals surface area contributed by atoms with Crippen LogP contribution in [-0.4, -0.2) is 22.8 Å². The molecule has 152 valence electrons. The van der Waals surface area contributed by atoms with E-state index >= 15 is 0 Å². The summed E-state index contributed by atoms with van der Waals surface area (Å²) in [5, 5.41) is 9.40. The van der Waals surface area contributed by atoms with Crippen LogP contribution in [0.1, 0.15) is 27.0 Å². The zero-order valence-electron chi connectivity index (χ0n) is 16.5. The Morgan fingerprint density at radius 3 is 2.35 bits per heavy atom. The lowest BCUT2D eigenvalue weighted by molar-refractivity contribution is -0.147. The van der Waals surface area contributed by atoms with Gasteiger partial charge in [0.05, 0.1) is 11.1 Å². The highest BCUT2D eigenvalue weighted by Gasteiger charge is 2.13. The third-order valence-corrected chi connectivity index (χ3v) is 4.77. The average Bonchev–Trinajstić information content (AvgIpc) is 3.19. The van der Waals surface area contributed by atoms with E-state index in [1.165, 1.54) is 0 Å². The van der Waals surface area contributed by atoms with Crippen LogP contribution in [0, 0.1) is 11.3 Å². The summed E-state index contributed by atoms with van der Waals surface area (Å²) in [5.41, 5.74) is 3.01. The number of rotatable bonds is 7. The van der Waals surface area contributed by atoms with Gasteiger partial charge in [-0.1, -0.05) is 36.4 Å². The van der Waals surface area contributed by atoms with Crippen LogP contribution in [0.3, 0.4) is 0 Å². The number of pyridine rings is 1. The lowest BCUT2D eigenvalue weighted by atomic mass is 10.0. The summed E-state index contributed by atoms with van der Waals surface area (Å²) >= 11 is 0. The van der Waals surface area contributed by atoms with E-state index in [-0.39, 0.29) is 19.0 Å².